The molecule has 1 atom stereocenters. The van der Waals surface area contributed by atoms with Crippen molar-refractivity contribution < 1.29 is 13.7 Å². The summed E-state index contributed by atoms with van der Waals surface area (Å²) in [5.74, 6) is 1.04. The van der Waals surface area contributed by atoms with Crippen LogP contribution >= 0.6 is 11.6 Å². The molecule has 4 rings (SSSR count). The van der Waals surface area contributed by atoms with E-state index >= 15 is 0 Å². The fourth-order valence-electron chi connectivity index (χ4n) is 4.53. The first-order valence-electron chi connectivity index (χ1n) is 10.1. The van der Waals surface area contributed by atoms with Gasteiger partial charge >= 0.3 is 0 Å². The number of hydrogen-bond acceptors (Lipinski definition) is 5. The van der Waals surface area contributed by atoms with Crippen molar-refractivity contribution in [3.8, 4) is 0 Å². The topological polar surface area (TPSA) is 62.5 Å². The lowest BCUT2D eigenvalue weighted by atomic mass is 9.76. The minimum atomic E-state index is -0.511. The fourth-order valence-corrected chi connectivity index (χ4v) is 4.71. The van der Waals surface area contributed by atoms with Crippen molar-refractivity contribution in [2.45, 2.75) is 45.1 Å². The Morgan fingerprint density at radius 2 is 2.07 bits per heavy atom. The third-order valence-corrected chi connectivity index (χ3v) is 6.56. The molecule has 2 aliphatic heterocycles. The molecule has 8 heteroatoms. The maximum absolute atomic E-state index is 13.4. The molecule has 1 amide bonds. The van der Waals surface area contributed by atoms with Crippen molar-refractivity contribution in [3.05, 3.63) is 46.3 Å². The Morgan fingerprint density at radius 1 is 1.34 bits per heavy atom. The highest BCUT2D eigenvalue weighted by molar-refractivity contribution is 6.31. The van der Waals surface area contributed by atoms with Gasteiger partial charge < -0.3 is 9.42 Å². The van der Waals surface area contributed by atoms with Crippen LogP contribution in [0.2, 0.25) is 5.02 Å². The van der Waals surface area contributed by atoms with Crippen LogP contribution in [0, 0.1) is 11.2 Å². The maximum Gasteiger partial charge on any atom is 0.253 e. The van der Waals surface area contributed by atoms with E-state index in [4.69, 9.17) is 16.1 Å². The van der Waals surface area contributed by atoms with Gasteiger partial charge in [-0.2, -0.15) is 4.98 Å². The van der Waals surface area contributed by atoms with E-state index in [2.05, 4.69) is 22.1 Å². The zero-order valence-electron chi connectivity index (χ0n) is 17.0. The van der Waals surface area contributed by atoms with Crippen molar-refractivity contribution >= 4 is 17.5 Å². The molecule has 0 N–H and O–H groups in total. The molecule has 2 aliphatic rings. The lowest BCUT2D eigenvalue weighted by Crippen LogP contribution is -2.44. The molecular weight excluding hydrogens is 395 g/mol. The second kappa shape index (κ2) is 7.69. The van der Waals surface area contributed by atoms with Gasteiger partial charge in [-0.15, -0.1) is 0 Å². The standard InChI is InChI=1S/C21H26ClFN4O2/c1-13(2)19-24-18(25-29-19)17-11-21(12-26(17)3)6-8-27(9-7-21)20(28)14-4-5-16(23)15(22)10-14/h4-5,10,13,17H,6-9,11-12H2,1-3H3. The molecule has 2 fully saturated rings. The van der Waals surface area contributed by atoms with E-state index in [1.807, 2.05) is 18.7 Å². The third-order valence-electron chi connectivity index (χ3n) is 6.27. The second-order valence-electron chi connectivity index (χ2n) is 8.70. The predicted molar refractivity (Wildman–Crippen MR) is 107 cm³/mol. The van der Waals surface area contributed by atoms with Gasteiger partial charge in [0.1, 0.15) is 5.82 Å². The number of carbonyl (C=O) groups is 1. The SMILES string of the molecule is CC(C)c1nc(C2CC3(CCN(C(=O)c4ccc(F)c(Cl)c4)CC3)CN2C)no1. The molecule has 1 aromatic carbocycles. The molecule has 0 radical (unpaired) electrons. The number of likely N-dealkylation sites (tertiary alicyclic amines) is 2. The van der Waals surface area contributed by atoms with Crippen LogP contribution in [0.25, 0.3) is 0 Å². The predicted octanol–water partition coefficient (Wildman–Crippen LogP) is 4.28. The van der Waals surface area contributed by atoms with Crippen LogP contribution in [0.4, 0.5) is 4.39 Å². The third kappa shape index (κ3) is 3.90. The lowest BCUT2D eigenvalue weighted by Gasteiger charge is -2.39. The summed E-state index contributed by atoms with van der Waals surface area (Å²) < 4.78 is 18.8. The Balaban J connectivity index is 1.42. The first kappa shape index (κ1) is 20.3. The van der Waals surface area contributed by atoms with Crippen LogP contribution in [-0.4, -0.2) is 52.5 Å². The lowest BCUT2D eigenvalue weighted by molar-refractivity contribution is 0.0593. The average molecular weight is 421 g/mol. The van der Waals surface area contributed by atoms with Crippen LogP contribution in [0.1, 0.15) is 67.1 Å². The van der Waals surface area contributed by atoms with Gasteiger partial charge in [0, 0.05) is 31.1 Å². The van der Waals surface area contributed by atoms with Gasteiger partial charge in [-0.3, -0.25) is 9.69 Å². The maximum atomic E-state index is 13.4. The van der Waals surface area contributed by atoms with Gasteiger partial charge in [0.15, 0.2) is 5.82 Å². The van der Waals surface area contributed by atoms with E-state index in [9.17, 15) is 9.18 Å². The highest BCUT2D eigenvalue weighted by atomic mass is 35.5. The number of benzene rings is 1. The summed E-state index contributed by atoms with van der Waals surface area (Å²) in [6.07, 6.45) is 2.80. The molecule has 0 bridgehead atoms. The highest BCUT2D eigenvalue weighted by Crippen LogP contribution is 2.47. The van der Waals surface area contributed by atoms with Crippen molar-refractivity contribution in [3.63, 3.8) is 0 Å². The summed E-state index contributed by atoms with van der Waals surface area (Å²) in [7, 11) is 2.10. The molecule has 29 heavy (non-hydrogen) atoms. The van der Waals surface area contributed by atoms with Crippen LogP contribution in [0.5, 0.6) is 0 Å². The summed E-state index contributed by atoms with van der Waals surface area (Å²) >= 11 is 5.84. The van der Waals surface area contributed by atoms with E-state index in [1.54, 1.807) is 0 Å². The van der Waals surface area contributed by atoms with Gasteiger partial charge in [-0.25, -0.2) is 4.39 Å². The average Bonchev–Trinajstić information content (AvgIpc) is 3.29. The molecule has 156 valence electrons. The van der Waals surface area contributed by atoms with Crippen molar-refractivity contribution in [1.82, 2.24) is 19.9 Å². The van der Waals surface area contributed by atoms with Gasteiger partial charge in [0.2, 0.25) is 5.89 Å². The smallest absolute Gasteiger partial charge is 0.253 e. The van der Waals surface area contributed by atoms with Crippen molar-refractivity contribution in [2.75, 3.05) is 26.7 Å². The Labute approximate surface area is 175 Å². The first-order chi connectivity index (χ1) is 13.8. The molecule has 0 aliphatic carbocycles. The number of rotatable bonds is 3. The molecule has 3 heterocycles. The summed E-state index contributed by atoms with van der Waals surface area (Å²) in [6.45, 7) is 6.39. The number of hydrogen-bond donors (Lipinski definition) is 0. The van der Waals surface area contributed by atoms with E-state index in [-0.39, 0.29) is 28.3 Å². The molecule has 1 spiro atoms. The number of nitrogens with zero attached hydrogens (tertiary/aromatic N) is 4. The van der Waals surface area contributed by atoms with Crippen LogP contribution < -0.4 is 0 Å². The molecule has 0 saturated carbocycles. The van der Waals surface area contributed by atoms with Crippen LogP contribution in [-0.2, 0) is 0 Å². The number of carbonyl (C=O) groups excluding carboxylic acids is 1. The molecule has 1 unspecified atom stereocenters. The first-order valence-corrected chi connectivity index (χ1v) is 10.4. The van der Waals surface area contributed by atoms with Crippen LogP contribution in [0.3, 0.4) is 0 Å². The van der Waals surface area contributed by atoms with Crippen LogP contribution in [0.15, 0.2) is 22.7 Å². The Morgan fingerprint density at radius 3 is 2.69 bits per heavy atom. The molecule has 6 nitrogen and oxygen atoms in total. The number of amides is 1. The van der Waals surface area contributed by atoms with Gasteiger partial charge in [0.25, 0.3) is 5.91 Å². The minimum Gasteiger partial charge on any atom is -0.339 e. The Kier molecular flexibility index (Phi) is 5.38. The Bertz CT molecular complexity index is 908. The van der Waals surface area contributed by atoms with Crippen molar-refractivity contribution in [1.29, 1.82) is 0 Å². The molecule has 1 aromatic heterocycles. The monoisotopic (exact) mass is 420 g/mol. The van der Waals surface area contributed by atoms with Gasteiger partial charge in [-0.1, -0.05) is 30.6 Å². The summed E-state index contributed by atoms with van der Waals surface area (Å²) in [5, 5.41) is 4.19. The number of aromatic nitrogens is 2. The normalized spacial score (nSPS) is 22.0. The largest absolute Gasteiger partial charge is 0.339 e. The Hall–Kier alpha value is -1.99. The second-order valence-corrected chi connectivity index (χ2v) is 9.11. The number of halogens is 2. The highest BCUT2D eigenvalue weighted by Gasteiger charge is 2.46. The van der Waals surface area contributed by atoms with E-state index in [0.717, 1.165) is 31.6 Å². The zero-order chi connectivity index (χ0) is 20.8. The van der Waals surface area contributed by atoms with E-state index < -0.39 is 5.82 Å². The summed E-state index contributed by atoms with van der Waals surface area (Å²) in [4.78, 5) is 21.5. The quantitative estimate of drug-likeness (QED) is 0.741. The molecule has 2 aromatic rings. The fraction of sp³-hybridized carbons (Fsp3) is 0.571. The zero-order valence-corrected chi connectivity index (χ0v) is 17.7. The molecular formula is C21H26ClFN4O2. The number of piperidine rings is 1. The van der Waals surface area contributed by atoms with Gasteiger partial charge in [0.05, 0.1) is 11.1 Å². The summed E-state index contributed by atoms with van der Waals surface area (Å²) in [5.41, 5.74) is 0.580. The molecule has 2 saturated heterocycles. The van der Waals surface area contributed by atoms with E-state index in [1.165, 1.54) is 18.2 Å². The minimum absolute atomic E-state index is 0.0227. The van der Waals surface area contributed by atoms with Gasteiger partial charge in [-0.05, 0) is 49.9 Å². The van der Waals surface area contributed by atoms with Crippen molar-refractivity contribution in [2.24, 2.45) is 5.41 Å². The summed E-state index contributed by atoms with van der Waals surface area (Å²) in [6, 6.07) is 4.29. The van der Waals surface area contributed by atoms with E-state index in [0.29, 0.717) is 24.5 Å².